The minimum Gasteiger partial charge on any atom is -0.616 e. The smallest absolute Gasteiger partial charge is 0.315 e. The fourth-order valence-corrected chi connectivity index (χ4v) is 6.62. The number of benzene rings is 1. The fourth-order valence-electron chi connectivity index (χ4n) is 3.54. The second-order valence-electron chi connectivity index (χ2n) is 7.33. The van der Waals surface area contributed by atoms with Crippen molar-refractivity contribution in [3.8, 4) is 0 Å². The lowest BCUT2D eigenvalue weighted by atomic mass is 9.83. The first kappa shape index (κ1) is 19.6. The van der Waals surface area contributed by atoms with Gasteiger partial charge in [0.05, 0.1) is 6.04 Å². The summed E-state index contributed by atoms with van der Waals surface area (Å²) in [7, 11) is -3.42. The highest BCUT2D eigenvalue weighted by molar-refractivity contribution is 7.56. The summed E-state index contributed by atoms with van der Waals surface area (Å²) in [6, 6.07) is 5.48. The van der Waals surface area contributed by atoms with E-state index in [-0.39, 0.29) is 6.04 Å². The van der Waals surface area contributed by atoms with Gasteiger partial charge in [-0.1, -0.05) is 49.2 Å². The molecule has 2 aliphatic rings. The van der Waals surface area contributed by atoms with Crippen LogP contribution in [0.3, 0.4) is 0 Å². The topological polar surface area (TPSA) is 44.8 Å². The summed E-state index contributed by atoms with van der Waals surface area (Å²) in [6.45, 7) is 8.82. The van der Waals surface area contributed by atoms with Crippen LogP contribution in [0.1, 0.15) is 44.8 Å². The van der Waals surface area contributed by atoms with Crippen LogP contribution in [0.5, 0.6) is 0 Å². The third kappa shape index (κ3) is 3.77. The van der Waals surface area contributed by atoms with Gasteiger partial charge in [-0.2, -0.15) is 9.05 Å². The molecule has 0 bridgehead atoms. The lowest BCUT2D eigenvalue weighted by molar-refractivity contribution is -0.260. The molecule has 4 nitrogen and oxygen atoms in total. The molecular weight excluding hydrogens is 380 g/mol. The second kappa shape index (κ2) is 7.44. The van der Waals surface area contributed by atoms with Crippen LogP contribution in [-0.4, -0.2) is 23.9 Å². The predicted octanol–water partition coefficient (Wildman–Crippen LogP) is 5.19. The average Bonchev–Trinajstić information content (AvgIpc) is 3.01. The number of rotatable bonds is 4. The van der Waals surface area contributed by atoms with Crippen LogP contribution in [-0.2, 0) is 9.05 Å². The normalized spacial score (nSPS) is 32.7. The quantitative estimate of drug-likeness (QED) is 0.512. The van der Waals surface area contributed by atoms with Gasteiger partial charge in [-0.3, -0.25) is 0 Å². The van der Waals surface area contributed by atoms with Crippen LogP contribution in [0.15, 0.2) is 30.9 Å². The van der Waals surface area contributed by atoms with E-state index in [1.807, 2.05) is 24.6 Å². The summed E-state index contributed by atoms with van der Waals surface area (Å²) >= 11 is 12.8. The monoisotopic (exact) mass is 403 g/mol. The zero-order valence-corrected chi connectivity index (χ0v) is 17.0. The van der Waals surface area contributed by atoms with Gasteiger partial charge in [-0.25, -0.2) is 0 Å². The Hall–Kier alpha value is -0.190. The van der Waals surface area contributed by atoms with Crippen molar-refractivity contribution in [2.75, 3.05) is 13.2 Å². The van der Waals surface area contributed by atoms with E-state index in [4.69, 9.17) is 32.2 Å². The molecule has 0 aliphatic carbocycles. The molecule has 0 radical (unpaired) electrons. The standard InChI is InChI=1S/C18H24Cl2NO3P/c1-4-7-13-8-6-11-21(13)25(22)23-12-18(2,3)17(24-25)16-14(19)9-5-10-15(16)20/h4-5,9-10,13,17H,1,6-8,11-12H2,2-3H3/t13?,17-,25?/m0/s1. The van der Waals surface area contributed by atoms with Gasteiger partial charge in [-0.15, -0.1) is 11.2 Å². The Morgan fingerprint density at radius 3 is 2.72 bits per heavy atom. The molecule has 0 spiro atoms. The molecular formula is C18H24Cl2NO3P. The maximum absolute atomic E-state index is 13.6. The van der Waals surface area contributed by atoms with Gasteiger partial charge >= 0.3 is 8.09 Å². The van der Waals surface area contributed by atoms with Gasteiger partial charge in [0.1, 0.15) is 12.7 Å². The highest BCUT2D eigenvalue weighted by atomic mass is 35.5. The number of halogens is 2. The maximum atomic E-state index is 13.6. The van der Waals surface area contributed by atoms with Crippen molar-refractivity contribution < 1.29 is 13.9 Å². The lowest BCUT2D eigenvalue weighted by Crippen LogP contribution is -2.45. The summed E-state index contributed by atoms with van der Waals surface area (Å²) in [5.41, 5.74) is 0.273. The van der Waals surface area contributed by atoms with E-state index in [0.29, 0.717) is 28.8 Å². The number of hydrogen-bond acceptors (Lipinski definition) is 4. The highest BCUT2D eigenvalue weighted by Crippen LogP contribution is 2.68. The SMILES string of the molecule is C=CCC1CCCN1[P+]1([O-])OCC(C)(C)[C@H](c2c(Cl)cccc2Cl)O1. The van der Waals surface area contributed by atoms with E-state index >= 15 is 0 Å². The molecule has 2 aliphatic heterocycles. The van der Waals surface area contributed by atoms with E-state index < -0.39 is 19.6 Å². The summed E-state index contributed by atoms with van der Waals surface area (Å²) in [5, 5.41) is 1.03. The molecule has 0 saturated carbocycles. The van der Waals surface area contributed by atoms with Gasteiger partial charge in [0.25, 0.3) is 0 Å². The van der Waals surface area contributed by atoms with E-state index in [1.165, 1.54) is 0 Å². The molecule has 2 fully saturated rings. The minimum absolute atomic E-state index is 0.131. The molecule has 1 aromatic carbocycles. The molecule has 3 atom stereocenters. The third-order valence-corrected chi connectivity index (χ3v) is 7.66. The van der Waals surface area contributed by atoms with Crippen LogP contribution in [0.4, 0.5) is 0 Å². The first-order valence-corrected chi connectivity index (χ1v) is 10.8. The number of nitrogens with zero attached hydrogens (tertiary/aromatic N) is 1. The van der Waals surface area contributed by atoms with Crippen LogP contribution in [0.2, 0.25) is 10.0 Å². The lowest BCUT2D eigenvalue weighted by Gasteiger charge is -2.47. The molecule has 138 valence electrons. The van der Waals surface area contributed by atoms with E-state index in [0.717, 1.165) is 19.3 Å². The summed E-state index contributed by atoms with van der Waals surface area (Å²) in [5.74, 6) is 0. The second-order valence-corrected chi connectivity index (χ2v) is 10.1. The maximum Gasteiger partial charge on any atom is 0.315 e. The average molecular weight is 404 g/mol. The fraction of sp³-hybridized carbons (Fsp3) is 0.556. The minimum atomic E-state index is -3.42. The van der Waals surface area contributed by atoms with Crippen molar-refractivity contribution in [1.29, 1.82) is 0 Å². The van der Waals surface area contributed by atoms with Crippen molar-refractivity contribution in [3.63, 3.8) is 0 Å². The predicted molar refractivity (Wildman–Crippen MR) is 101 cm³/mol. The van der Waals surface area contributed by atoms with E-state index in [1.54, 1.807) is 18.2 Å². The largest absolute Gasteiger partial charge is 0.616 e. The summed E-state index contributed by atoms with van der Waals surface area (Å²) < 4.78 is 13.8. The molecule has 2 saturated heterocycles. The highest BCUT2D eigenvalue weighted by Gasteiger charge is 2.55. The van der Waals surface area contributed by atoms with Crippen LogP contribution >= 0.6 is 31.3 Å². The molecule has 25 heavy (non-hydrogen) atoms. The Labute approximate surface area is 160 Å². The van der Waals surface area contributed by atoms with E-state index in [2.05, 4.69) is 6.58 Å². The Morgan fingerprint density at radius 2 is 2.08 bits per heavy atom. The Morgan fingerprint density at radius 1 is 1.40 bits per heavy atom. The molecule has 0 N–H and O–H groups in total. The zero-order valence-electron chi connectivity index (χ0n) is 14.6. The van der Waals surface area contributed by atoms with Crippen LogP contribution in [0, 0.1) is 5.41 Å². The van der Waals surface area contributed by atoms with Crippen molar-refractivity contribution >= 4 is 31.3 Å². The Balaban J connectivity index is 1.94. The molecule has 2 unspecified atom stereocenters. The van der Waals surface area contributed by atoms with Gasteiger partial charge in [0.15, 0.2) is 0 Å². The van der Waals surface area contributed by atoms with Crippen LogP contribution < -0.4 is 4.89 Å². The third-order valence-electron chi connectivity index (χ3n) is 4.91. The van der Waals surface area contributed by atoms with Crippen molar-refractivity contribution in [3.05, 3.63) is 46.5 Å². The molecule has 2 heterocycles. The molecule has 0 aromatic heterocycles. The van der Waals surface area contributed by atoms with Crippen molar-refractivity contribution in [1.82, 2.24) is 4.67 Å². The Bertz CT molecular complexity index is 637. The zero-order chi connectivity index (χ0) is 18.2. The molecule has 0 amide bonds. The van der Waals surface area contributed by atoms with Gasteiger partial charge in [-0.05, 0) is 31.4 Å². The molecule has 1 aromatic rings. The number of hydrogen-bond donors (Lipinski definition) is 0. The summed E-state index contributed by atoms with van der Waals surface area (Å²) in [6.07, 6.45) is 4.04. The van der Waals surface area contributed by atoms with Gasteiger partial charge in [0, 0.05) is 27.6 Å². The first-order valence-electron chi connectivity index (χ1n) is 8.53. The van der Waals surface area contributed by atoms with Crippen molar-refractivity contribution in [2.45, 2.75) is 45.3 Å². The van der Waals surface area contributed by atoms with Crippen molar-refractivity contribution in [2.24, 2.45) is 5.41 Å². The van der Waals surface area contributed by atoms with Crippen LogP contribution in [0.25, 0.3) is 0 Å². The molecule has 7 heteroatoms. The first-order chi connectivity index (χ1) is 11.8. The van der Waals surface area contributed by atoms with Gasteiger partial charge in [0.2, 0.25) is 0 Å². The summed E-state index contributed by atoms with van der Waals surface area (Å²) in [4.78, 5) is 13.6. The Kier molecular flexibility index (Phi) is 5.82. The van der Waals surface area contributed by atoms with Gasteiger partial charge < -0.3 is 4.89 Å². The molecule has 3 rings (SSSR count). The van der Waals surface area contributed by atoms with E-state index in [9.17, 15) is 4.89 Å².